The highest BCUT2D eigenvalue weighted by atomic mass is 19.1. The molecule has 0 aliphatic carbocycles. The molecule has 0 unspecified atom stereocenters. The van der Waals surface area contributed by atoms with E-state index in [0.717, 1.165) is 12.1 Å². The number of amides is 1. The van der Waals surface area contributed by atoms with Gasteiger partial charge in [-0.05, 0) is 56.2 Å². The van der Waals surface area contributed by atoms with Gasteiger partial charge in [-0.1, -0.05) is 12.1 Å². The maximum Gasteiger partial charge on any atom is 0.341 e. The predicted octanol–water partition coefficient (Wildman–Crippen LogP) is 4.28. The van der Waals surface area contributed by atoms with Gasteiger partial charge in [-0.15, -0.1) is 0 Å². The Morgan fingerprint density at radius 2 is 1.68 bits per heavy atom. The second-order valence-electron chi connectivity index (χ2n) is 6.67. The number of carboxylic acids is 1. The molecule has 166 valence electrons. The lowest BCUT2D eigenvalue weighted by atomic mass is 10.1. The van der Waals surface area contributed by atoms with Crippen LogP contribution in [-0.4, -0.2) is 41.6 Å². The maximum atomic E-state index is 13.9. The van der Waals surface area contributed by atoms with Crippen molar-refractivity contribution in [1.82, 2.24) is 4.90 Å². The summed E-state index contributed by atoms with van der Waals surface area (Å²) < 4.78 is 38.5. The first-order valence-electron chi connectivity index (χ1n) is 9.78. The quantitative estimate of drug-likeness (QED) is 0.566. The van der Waals surface area contributed by atoms with E-state index in [4.69, 9.17) is 14.6 Å². The van der Waals surface area contributed by atoms with Gasteiger partial charge in [0.15, 0.2) is 18.1 Å². The van der Waals surface area contributed by atoms with Gasteiger partial charge in [0.05, 0.1) is 5.56 Å². The van der Waals surface area contributed by atoms with Crippen molar-refractivity contribution in [2.45, 2.75) is 27.4 Å². The summed E-state index contributed by atoms with van der Waals surface area (Å²) in [5.74, 6) is -2.64. The summed E-state index contributed by atoms with van der Waals surface area (Å²) in [5, 5.41) is 8.93. The van der Waals surface area contributed by atoms with Gasteiger partial charge < -0.3 is 19.5 Å². The highest BCUT2D eigenvalue weighted by Gasteiger charge is 2.14. The number of carbonyl (C=O) groups is 2. The Balaban J connectivity index is 2.30. The minimum absolute atomic E-state index is 0.0830. The SMILES string of the molecule is CCN(CC)C(=O)/C=C(\C)c1ccc(OCc2c(F)cccc2F)c(OCC(=O)O)c1. The normalized spacial score (nSPS) is 11.2. The van der Waals surface area contributed by atoms with Crippen LogP contribution in [0.2, 0.25) is 0 Å². The number of nitrogens with zero attached hydrogens (tertiary/aromatic N) is 1. The van der Waals surface area contributed by atoms with Gasteiger partial charge in [0.1, 0.15) is 18.2 Å². The van der Waals surface area contributed by atoms with E-state index in [-0.39, 0.29) is 23.0 Å². The molecule has 1 N–H and O–H groups in total. The van der Waals surface area contributed by atoms with E-state index in [1.54, 1.807) is 17.9 Å². The molecule has 0 atom stereocenters. The molecule has 1 amide bonds. The van der Waals surface area contributed by atoms with Crippen molar-refractivity contribution in [1.29, 1.82) is 0 Å². The van der Waals surface area contributed by atoms with Gasteiger partial charge in [-0.25, -0.2) is 13.6 Å². The zero-order valence-electron chi connectivity index (χ0n) is 17.7. The molecule has 0 heterocycles. The molecule has 0 spiro atoms. The molecule has 8 heteroatoms. The zero-order chi connectivity index (χ0) is 23.0. The summed E-state index contributed by atoms with van der Waals surface area (Å²) in [4.78, 5) is 24.9. The Bertz CT molecular complexity index is 950. The number of carbonyl (C=O) groups excluding carboxylic acids is 1. The van der Waals surface area contributed by atoms with Crippen LogP contribution in [0.4, 0.5) is 8.78 Å². The predicted molar refractivity (Wildman–Crippen MR) is 112 cm³/mol. The van der Waals surface area contributed by atoms with Crippen molar-refractivity contribution in [3.8, 4) is 11.5 Å². The zero-order valence-corrected chi connectivity index (χ0v) is 17.7. The number of halogens is 2. The second kappa shape index (κ2) is 11.1. The first-order chi connectivity index (χ1) is 14.8. The van der Waals surface area contributed by atoms with E-state index in [0.29, 0.717) is 24.2 Å². The number of allylic oxidation sites excluding steroid dienone is 1. The van der Waals surface area contributed by atoms with Crippen LogP contribution in [-0.2, 0) is 16.2 Å². The Hall–Kier alpha value is -3.42. The lowest BCUT2D eigenvalue weighted by Crippen LogP contribution is -2.28. The Morgan fingerprint density at radius 3 is 2.26 bits per heavy atom. The second-order valence-corrected chi connectivity index (χ2v) is 6.67. The largest absolute Gasteiger partial charge is 0.485 e. The number of carboxylic acid groups (broad SMARTS) is 1. The number of rotatable bonds is 10. The number of ether oxygens (including phenoxy) is 2. The van der Waals surface area contributed by atoms with Crippen molar-refractivity contribution >= 4 is 17.4 Å². The molecule has 0 aliphatic rings. The third kappa shape index (κ3) is 6.53. The lowest BCUT2D eigenvalue weighted by Gasteiger charge is -2.17. The smallest absolute Gasteiger partial charge is 0.341 e. The van der Waals surface area contributed by atoms with Crippen LogP contribution in [0.1, 0.15) is 31.9 Å². The highest BCUT2D eigenvalue weighted by Crippen LogP contribution is 2.32. The molecule has 2 rings (SSSR count). The average Bonchev–Trinajstić information content (AvgIpc) is 2.73. The van der Waals surface area contributed by atoms with Crippen LogP contribution >= 0.6 is 0 Å². The summed E-state index contributed by atoms with van der Waals surface area (Å²) in [5.41, 5.74) is 1.01. The van der Waals surface area contributed by atoms with Crippen LogP contribution in [0.5, 0.6) is 11.5 Å². The molecule has 0 radical (unpaired) electrons. The number of aliphatic carboxylic acids is 1. The van der Waals surface area contributed by atoms with Crippen molar-refractivity contribution in [2.75, 3.05) is 19.7 Å². The number of likely N-dealkylation sites (N-methyl/N-ethyl adjacent to an activating group) is 1. The molecule has 0 aromatic heterocycles. The summed E-state index contributed by atoms with van der Waals surface area (Å²) in [6.45, 7) is 5.62. The minimum Gasteiger partial charge on any atom is -0.485 e. The first-order valence-corrected chi connectivity index (χ1v) is 9.78. The van der Waals surface area contributed by atoms with E-state index >= 15 is 0 Å². The molecular formula is C23H25F2NO5. The lowest BCUT2D eigenvalue weighted by molar-refractivity contribution is -0.139. The van der Waals surface area contributed by atoms with Gasteiger partial charge in [0.2, 0.25) is 5.91 Å². The molecule has 31 heavy (non-hydrogen) atoms. The average molecular weight is 433 g/mol. The first kappa shape index (κ1) is 23.9. The fourth-order valence-corrected chi connectivity index (χ4v) is 2.84. The standard InChI is InChI=1S/C23H25F2NO5/c1-4-26(5-2)22(27)11-15(3)16-9-10-20(21(12-16)31-14-23(28)29)30-13-17-18(24)7-6-8-19(17)25/h6-12H,4-5,13-14H2,1-3H3,(H,28,29)/b15-11+. The molecule has 0 saturated carbocycles. The Labute approximate surface area is 179 Å². The molecule has 0 bridgehead atoms. The van der Waals surface area contributed by atoms with Crippen molar-refractivity contribution in [3.63, 3.8) is 0 Å². The van der Waals surface area contributed by atoms with E-state index in [9.17, 15) is 18.4 Å². The molecule has 0 fully saturated rings. The van der Waals surface area contributed by atoms with Crippen molar-refractivity contribution in [2.24, 2.45) is 0 Å². The fraction of sp³-hybridized carbons (Fsp3) is 0.304. The molecular weight excluding hydrogens is 408 g/mol. The Kier molecular flexibility index (Phi) is 8.54. The van der Waals surface area contributed by atoms with Crippen molar-refractivity contribution < 1.29 is 33.0 Å². The van der Waals surface area contributed by atoms with Crippen LogP contribution < -0.4 is 9.47 Å². The molecule has 2 aromatic rings. The van der Waals surface area contributed by atoms with Crippen LogP contribution in [0.3, 0.4) is 0 Å². The molecule has 0 aliphatic heterocycles. The van der Waals surface area contributed by atoms with Crippen LogP contribution in [0.25, 0.3) is 5.57 Å². The minimum atomic E-state index is -1.19. The highest BCUT2D eigenvalue weighted by molar-refractivity contribution is 5.95. The van der Waals surface area contributed by atoms with Gasteiger partial charge in [-0.3, -0.25) is 4.79 Å². The Morgan fingerprint density at radius 1 is 1.03 bits per heavy atom. The summed E-state index contributed by atoms with van der Waals surface area (Å²) in [6.07, 6.45) is 1.48. The van der Waals surface area contributed by atoms with E-state index in [2.05, 4.69) is 0 Å². The number of benzene rings is 2. The van der Waals surface area contributed by atoms with Crippen molar-refractivity contribution in [3.05, 3.63) is 65.2 Å². The third-order valence-corrected chi connectivity index (χ3v) is 4.60. The van der Waals surface area contributed by atoms with Gasteiger partial charge in [0.25, 0.3) is 0 Å². The van der Waals surface area contributed by atoms with E-state index in [1.807, 2.05) is 13.8 Å². The monoisotopic (exact) mass is 433 g/mol. The molecule has 6 nitrogen and oxygen atoms in total. The van der Waals surface area contributed by atoms with Crippen LogP contribution in [0, 0.1) is 11.6 Å². The van der Waals surface area contributed by atoms with Gasteiger partial charge in [0, 0.05) is 19.2 Å². The van der Waals surface area contributed by atoms with E-state index < -0.39 is 30.8 Å². The number of hydrogen-bond acceptors (Lipinski definition) is 4. The fourth-order valence-electron chi connectivity index (χ4n) is 2.84. The van der Waals surface area contributed by atoms with Gasteiger partial charge in [-0.2, -0.15) is 0 Å². The topological polar surface area (TPSA) is 76.1 Å². The summed E-state index contributed by atoms with van der Waals surface area (Å²) in [7, 11) is 0. The molecule has 0 saturated heterocycles. The summed E-state index contributed by atoms with van der Waals surface area (Å²) in [6, 6.07) is 8.17. The molecule has 2 aromatic carbocycles. The maximum absolute atomic E-state index is 13.9. The summed E-state index contributed by atoms with van der Waals surface area (Å²) >= 11 is 0. The number of hydrogen-bond donors (Lipinski definition) is 1. The van der Waals surface area contributed by atoms with E-state index in [1.165, 1.54) is 24.3 Å². The van der Waals surface area contributed by atoms with Crippen LogP contribution in [0.15, 0.2) is 42.5 Å². The van der Waals surface area contributed by atoms with Gasteiger partial charge >= 0.3 is 5.97 Å². The third-order valence-electron chi connectivity index (χ3n) is 4.60.